The lowest BCUT2D eigenvalue weighted by Gasteiger charge is -2.30. The van der Waals surface area contributed by atoms with Crippen LogP contribution in [-0.2, 0) is 0 Å². The second-order valence-corrected chi connectivity index (χ2v) is 8.03. The minimum atomic E-state index is -1.03. The summed E-state index contributed by atoms with van der Waals surface area (Å²) in [5, 5.41) is 21.3. The molecule has 0 aliphatic carbocycles. The second kappa shape index (κ2) is 7.01. The molecule has 4 rings (SSSR count). The Labute approximate surface area is 159 Å². The molecule has 0 radical (unpaired) electrons. The molecule has 1 atom stereocenters. The summed E-state index contributed by atoms with van der Waals surface area (Å²) in [6, 6.07) is 5.39. The average molecular weight is 390 g/mol. The van der Waals surface area contributed by atoms with E-state index in [9.17, 15) is 13.9 Å². The van der Waals surface area contributed by atoms with Crippen LogP contribution in [0.25, 0.3) is 21.3 Å². The SMILES string of the molecule is Cc1cc(N[C@@H]2CCCN(C)C2)nnc1-c1ccc2sc(F)c(F)c2c1O. The molecule has 2 N–H and O–H groups in total. The summed E-state index contributed by atoms with van der Waals surface area (Å²) < 4.78 is 27.9. The zero-order chi connectivity index (χ0) is 19.1. The number of halogens is 2. The number of aromatic nitrogens is 2. The van der Waals surface area contributed by atoms with Crippen LogP contribution >= 0.6 is 11.3 Å². The zero-order valence-electron chi connectivity index (χ0n) is 15.1. The van der Waals surface area contributed by atoms with Crippen molar-refractivity contribution in [3.8, 4) is 17.0 Å². The molecule has 142 valence electrons. The molecule has 1 fully saturated rings. The third-order valence-corrected chi connectivity index (χ3v) is 5.87. The van der Waals surface area contributed by atoms with E-state index in [2.05, 4.69) is 27.5 Å². The Balaban J connectivity index is 1.66. The number of nitrogens with one attached hydrogen (secondary N) is 1. The van der Waals surface area contributed by atoms with Crippen LogP contribution in [0.4, 0.5) is 14.6 Å². The van der Waals surface area contributed by atoms with E-state index in [0.717, 1.165) is 31.5 Å². The van der Waals surface area contributed by atoms with Gasteiger partial charge in [0, 0.05) is 22.8 Å². The molecule has 0 spiro atoms. The maximum absolute atomic E-state index is 14.0. The van der Waals surface area contributed by atoms with Crippen molar-refractivity contribution in [3.05, 3.63) is 34.7 Å². The van der Waals surface area contributed by atoms with Crippen molar-refractivity contribution < 1.29 is 13.9 Å². The van der Waals surface area contributed by atoms with Gasteiger partial charge in [-0.2, -0.15) is 4.39 Å². The second-order valence-electron chi connectivity index (χ2n) is 7.03. The quantitative estimate of drug-likeness (QED) is 0.703. The number of benzene rings is 1. The number of hydrogen-bond donors (Lipinski definition) is 2. The summed E-state index contributed by atoms with van der Waals surface area (Å²) in [6.07, 6.45) is 2.21. The molecule has 0 amide bonds. The molecule has 2 aromatic heterocycles. The first-order chi connectivity index (χ1) is 12.9. The van der Waals surface area contributed by atoms with Crippen molar-refractivity contribution in [2.75, 3.05) is 25.5 Å². The normalized spacial score (nSPS) is 18.1. The predicted octanol–water partition coefficient (Wildman–Crippen LogP) is 4.16. The van der Waals surface area contributed by atoms with E-state index in [-0.39, 0.29) is 11.1 Å². The Kier molecular flexibility index (Phi) is 4.69. The molecule has 1 aliphatic heterocycles. The number of rotatable bonds is 3. The maximum atomic E-state index is 14.0. The highest BCUT2D eigenvalue weighted by Gasteiger charge is 2.21. The van der Waals surface area contributed by atoms with Gasteiger partial charge in [0.05, 0.1) is 11.1 Å². The molecular weight excluding hydrogens is 370 g/mol. The number of nitrogens with zero attached hydrogens (tertiary/aromatic N) is 3. The van der Waals surface area contributed by atoms with Crippen molar-refractivity contribution in [1.82, 2.24) is 15.1 Å². The molecule has 8 heteroatoms. The van der Waals surface area contributed by atoms with Crippen LogP contribution in [0.5, 0.6) is 5.75 Å². The first-order valence-corrected chi connectivity index (χ1v) is 9.65. The number of likely N-dealkylation sites (tertiary alicyclic amines) is 1. The van der Waals surface area contributed by atoms with Gasteiger partial charge in [-0.1, -0.05) is 0 Å². The Morgan fingerprint density at radius 3 is 2.85 bits per heavy atom. The van der Waals surface area contributed by atoms with Crippen LogP contribution in [0.2, 0.25) is 0 Å². The van der Waals surface area contributed by atoms with Gasteiger partial charge < -0.3 is 15.3 Å². The number of hydrogen-bond acceptors (Lipinski definition) is 6. The molecule has 3 heterocycles. The van der Waals surface area contributed by atoms with Crippen LogP contribution in [0.3, 0.4) is 0 Å². The van der Waals surface area contributed by atoms with Crippen molar-refractivity contribution in [2.45, 2.75) is 25.8 Å². The van der Waals surface area contributed by atoms with Gasteiger partial charge in [0.25, 0.3) is 0 Å². The maximum Gasteiger partial charge on any atom is 0.213 e. The summed E-state index contributed by atoms with van der Waals surface area (Å²) >= 11 is 0.671. The van der Waals surface area contributed by atoms with E-state index in [0.29, 0.717) is 39.2 Å². The van der Waals surface area contributed by atoms with Gasteiger partial charge in [-0.15, -0.1) is 21.5 Å². The number of piperidine rings is 1. The van der Waals surface area contributed by atoms with Gasteiger partial charge in [0.15, 0.2) is 5.82 Å². The highest BCUT2D eigenvalue weighted by atomic mass is 32.1. The third-order valence-electron chi connectivity index (χ3n) is 4.95. The van der Waals surface area contributed by atoms with E-state index in [1.54, 1.807) is 12.1 Å². The van der Waals surface area contributed by atoms with Gasteiger partial charge in [-0.25, -0.2) is 4.39 Å². The Hall–Kier alpha value is -2.32. The number of fused-ring (bicyclic) bond motifs is 1. The summed E-state index contributed by atoms with van der Waals surface area (Å²) in [7, 11) is 2.10. The predicted molar refractivity (Wildman–Crippen MR) is 103 cm³/mol. The summed E-state index contributed by atoms with van der Waals surface area (Å²) in [6.45, 7) is 3.91. The van der Waals surface area contributed by atoms with Crippen LogP contribution < -0.4 is 5.32 Å². The van der Waals surface area contributed by atoms with Crippen molar-refractivity contribution in [2.24, 2.45) is 0 Å². The lowest BCUT2D eigenvalue weighted by atomic mass is 10.0. The number of aryl methyl sites for hydroxylation is 1. The van der Waals surface area contributed by atoms with Crippen LogP contribution in [0.1, 0.15) is 18.4 Å². The summed E-state index contributed by atoms with van der Waals surface area (Å²) in [5.74, 6) is -0.665. The molecule has 0 bridgehead atoms. The minimum Gasteiger partial charge on any atom is -0.506 e. The summed E-state index contributed by atoms with van der Waals surface area (Å²) in [5.41, 5.74) is 1.59. The molecule has 3 aromatic rings. The van der Waals surface area contributed by atoms with Gasteiger partial charge in [-0.05, 0) is 57.1 Å². The van der Waals surface area contributed by atoms with E-state index in [4.69, 9.17) is 0 Å². The fourth-order valence-electron chi connectivity index (χ4n) is 3.62. The monoisotopic (exact) mass is 390 g/mol. The number of thiophene rings is 1. The fraction of sp³-hybridized carbons (Fsp3) is 0.368. The van der Waals surface area contributed by atoms with E-state index in [1.165, 1.54) is 0 Å². The van der Waals surface area contributed by atoms with Crippen molar-refractivity contribution >= 4 is 27.2 Å². The topological polar surface area (TPSA) is 61.3 Å². The average Bonchev–Trinajstić information content (AvgIpc) is 2.91. The minimum absolute atomic E-state index is 0.108. The molecule has 0 saturated carbocycles. The Bertz CT molecular complexity index is 1010. The highest BCUT2D eigenvalue weighted by Crippen LogP contribution is 2.41. The standard InChI is InChI=1S/C19H20F2N4OS/c1-10-8-14(22-11-4-3-7-25(2)9-11)23-24-17(10)12-5-6-13-15(18(12)26)16(20)19(21)27-13/h5-6,8,11,26H,3-4,7,9H2,1-2H3,(H,22,23)/t11-/m1/s1. The number of aromatic hydroxyl groups is 1. The lowest BCUT2D eigenvalue weighted by molar-refractivity contribution is 0.260. The molecule has 1 aliphatic rings. The van der Waals surface area contributed by atoms with Gasteiger partial charge in [-0.3, -0.25) is 0 Å². The Morgan fingerprint density at radius 2 is 2.11 bits per heavy atom. The number of likely N-dealkylation sites (N-methyl/N-ethyl adjacent to an activating group) is 1. The number of phenols is 1. The smallest absolute Gasteiger partial charge is 0.213 e. The van der Waals surface area contributed by atoms with Crippen LogP contribution in [0.15, 0.2) is 18.2 Å². The van der Waals surface area contributed by atoms with Crippen molar-refractivity contribution in [3.63, 3.8) is 0 Å². The molecule has 0 unspecified atom stereocenters. The van der Waals surface area contributed by atoms with Gasteiger partial charge in [0.2, 0.25) is 5.13 Å². The Morgan fingerprint density at radius 1 is 1.30 bits per heavy atom. The number of phenolic OH excluding ortho intramolecular Hbond substituents is 1. The van der Waals surface area contributed by atoms with Gasteiger partial charge >= 0.3 is 0 Å². The molecular formula is C19H20F2N4OS. The largest absolute Gasteiger partial charge is 0.506 e. The zero-order valence-corrected chi connectivity index (χ0v) is 15.9. The molecule has 1 aromatic carbocycles. The molecule has 27 heavy (non-hydrogen) atoms. The van der Waals surface area contributed by atoms with Gasteiger partial charge in [0.1, 0.15) is 11.6 Å². The van der Waals surface area contributed by atoms with E-state index < -0.39 is 10.9 Å². The number of anilines is 1. The van der Waals surface area contributed by atoms with E-state index >= 15 is 0 Å². The van der Waals surface area contributed by atoms with Crippen LogP contribution in [0, 0.1) is 17.9 Å². The molecule has 5 nitrogen and oxygen atoms in total. The lowest BCUT2D eigenvalue weighted by Crippen LogP contribution is -2.39. The van der Waals surface area contributed by atoms with E-state index in [1.807, 2.05) is 13.0 Å². The van der Waals surface area contributed by atoms with Crippen molar-refractivity contribution in [1.29, 1.82) is 0 Å². The highest BCUT2D eigenvalue weighted by molar-refractivity contribution is 7.17. The fourth-order valence-corrected chi connectivity index (χ4v) is 4.42. The van der Waals surface area contributed by atoms with Crippen LogP contribution in [-0.4, -0.2) is 46.4 Å². The first-order valence-electron chi connectivity index (χ1n) is 8.83. The summed E-state index contributed by atoms with van der Waals surface area (Å²) in [4.78, 5) is 2.28. The first kappa shape index (κ1) is 18.1. The molecule has 1 saturated heterocycles. The third kappa shape index (κ3) is 3.35.